The van der Waals surface area contributed by atoms with Crippen molar-refractivity contribution in [2.24, 2.45) is 0 Å². The third kappa shape index (κ3) is 6.41. The van der Waals surface area contributed by atoms with Crippen LogP contribution in [0.2, 0.25) is 0 Å². The summed E-state index contributed by atoms with van der Waals surface area (Å²) in [5.41, 5.74) is 1.30. The number of carbonyl (C=O) groups is 3. The number of rotatable bonds is 9. The summed E-state index contributed by atoms with van der Waals surface area (Å²) in [6, 6.07) is 25.3. The molecule has 6 rings (SSSR count). The van der Waals surface area contributed by atoms with Crippen LogP contribution in [-0.4, -0.2) is 76.7 Å². The number of nitrogens with zero attached hydrogens (tertiary/aromatic N) is 5. The van der Waals surface area contributed by atoms with E-state index in [1.165, 1.54) is 11.0 Å². The van der Waals surface area contributed by atoms with Gasteiger partial charge in [-0.25, -0.2) is 29.0 Å². The molecule has 0 N–H and O–H groups in total. The Morgan fingerprint density at radius 2 is 1.30 bits per heavy atom. The van der Waals surface area contributed by atoms with Crippen molar-refractivity contribution in [1.29, 1.82) is 0 Å². The highest BCUT2D eigenvalue weighted by Gasteiger charge is 2.52. The molecule has 1 fully saturated rings. The predicted molar refractivity (Wildman–Crippen MR) is 174 cm³/mol. The minimum absolute atomic E-state index is 0.279. The maximum Gasteiger partial charge on any atom is 0.338 e. The van der Waals surface area contributed by atoms with Crippen LogP contribution in [-0.2, 0) is 18.9 Å². The molecule has 0 aliphatic carbocycles. The Bertz CT molecular complexity index is 1850. The van der Waals surface area contributed by atoms with Crippen LogP contribution in [0, 0.1) is 3.70 Å². The summed E-state index contributed by atoms with van der Waals surface area (Å²) < 4.78 is 26.2. The number of ether oxygens (including phenoxy) is 4. The van der Waals surface area contributed by atoms with Gasteiger partial charge in [-0.1, -0.05) is 54.6 Å². The first-order valence-electron chi connectivity index (χ1n) is 14.3. The SMILES string of the molecule is CN(C)c1ncnc2c1c(I)nn2[C@@H]1O[C@H](COC(=O)c2ccccc2)[C@@H](OC(=O)c2ccccc2)[C@H]1OC(=O)c1ccccc1. The van der Waals surface area contributed by atoms with Crippen LogP contribution in [0.1, 0.15) is 37.3 Å². The van der Waals surface area contributed by atoms with Gasteiger partial charge in [-0.3, -0.25) is 0 Å². The van der Waals surface area contributed by atoms with Gasteiger partial charge in [0.2, 0.25) is 0 Å². The molecular weight excluding hydrogens is 705 g/mol. The number of aromatic nitrogens is 4. The van der Waals surface area contributed by atoms with Gasteiger partial charge >= 0.3 is 17.9 Å². The van der Waals surface area contributed by atoms with Gasteiger partial charge in [-0.15, -0.1) is 0 Å². The standard InChI is InChI=1S/C33H28IN5O7/c1-38(2)28-24-27(34)37-39(29(24)36-19-35-28)30-26(46-33(42)22-16-10-5-11-17-22)25(45-32(41)21-14-8-4-9-15-21)23(44-30)18-43-31(40)20-12-6-3-7-13-20/h3-17,19,23,25-26,30H,18H2,1-2H3/t23-,25-,26-,30-/m1/s1. The Morgan fingerprint density at radius 3 is 1.85 bits per heavy atom. The molecule has 0 spiro atoms. The fraction of sp³-hybridized carbons (Fsp3) is 0.212. The van der Waals surface area contributed by atoms with Gasteiger partial charge in [0.15, 0.2) is 24.1 Å². The molecule has 234 valence electrons. The van der Waals surface area contributed by atoms with Crippen LogP contribution in [0.3, 0.4) is 0 Å². The lowest BCUT2D eigenvalue weighted by molar-refractivity contribution is -0.0655. The minimum Gasteiger partial charge on any atom is -0.459 e. The molecule has 0 radical (unpaired) electrons. The third-order valence-corrected chi connectivity index (χ3v) is 8.02. The molecule has 4 atom stereocenters. The van der Waals surface area contributed by atoms with Gasteiger partial charge < -0.3 is 23.8 Å². The van der Waals surface area contributed by atoms with Crippen LogP contribution in [0.25, 0.3) is 11.0 Å². The fourth-order valence-corrected chi connectivity index (χ4v) is 5.80. The maximum absolute atomic E-state index is 13.5. The summed E-state index contributed by atoms with van der Waals surface area (Å²) in [5.74, 6) is -1.32. The first kappa shape index (κ1) is 31.1. The Morgan fingerprint density at radius 1 is 0.783 bits per heavy atom. The van der Waals surface area contributed by atoms with Crippen LogP contribution in [0.4, 0.5) is 5.82 Å². The molecule has 1 aliphatic rings. The molecule has 3 heterocycles. The molecule has 3 aromatic carbocycles. The average Bonchev–Trinajstić information content (AvgIpc) is 3.60. The Labute approximate surface area is 277 Å². The molecule has 0 amide bonds. The molecule has 1 aliphatic heterocycles. The van der Waals surface area contributed by atoms with E-state index in [1.807, 2.05) is 19.0 Å². The highest BCUT2D eigenvalue weighted by atomic mass is 127. The Balaban J connectivity index is 1.41. The number of carbonyl (C=O) groups excluding carboxylic acids is 3. The fourth-order valence-electron chi connectivity index (χ4n) is 5.09. The summed E-state index contributed by atoms with van der Waals surface area (Å²) in [6.45, 7) is -0.315. The second kappa shape index (κ2) is 13.6. The van der Waals surface area contributed by atoms with E-state index < -0.39 is 42.4 Å². The van der Waals surface area contributed by atoms with E-state index in [2.05, 4.69) is 32.6 Å². The summed E-state index contributed by atoms with van der Waals surface area (Å²) in [5, 5.41) is 5.36. The first-order chi connectivity index (χ1) is 22.3. The van der Waals surface area contributed by atoms with Gasteiger partial charge in [0.05, 0.1) is 22.1 Å². The van der Waals surface area contributed by atoms with Crippen molar-refractivity contribution < 1.29 is 33.3 Å². The summed E-state index contributed by atoms with van der Waals surface area (Å²) in [6.07, 6.45) is -3.21. The molecular formula is C33H28IN5O7. The zero-order chi connectivity index (χ0) is 32.2. The van der Waals surface area contributed by atoms with E-state index in [-0.39, 0.29) is 17.7 Å². The van der Waals surface area contributed by atoms with Crippen LogP contribution in [0.15, 0.2) is 97.3 Å². The summed E-state index contributed by atoms with van der Waals surface area (Å²) in [7, 11) is 3.70. The van der Waals surface area contributed by atoms with Crippen molar-refractivity contribution in [3.8, 4) is 0 Å². The van der Waals surface area contributed by atoms with Crippen LogP contribution in [0.5, 0.6) is 0 Å². The van der Waals surface area contributed by atoms with Gasteiger partial charge in [0.25, 0.3) is 0 Å². The molecule has 46 heavy (non-hydrogen) atoms. The third-order valence-electron chi connectivity index (χ3n) is 7.27. The van der Waals surface area contributed by atoms with Crippen molar-refractivity contribution in [1.82, 2.24) is 19.7 Å². The Hall–Kier alpha value is -4.89. The predicted octanol–water partition coefficient (Wildman–Crippen LogP) is 4.70. The number of esters is 3. The highest BCUT2D eigenvalue weighted by molar-refractivity contribution is 14.1. The van der Waals surface area contributed by atoms with E-state index in [9.17, 15) is 14.4 Å². The molecule has 2 aromatic heterocycles. The summed E-state index contributed by atoms with van der Waals surface area (Å²) in [4.78, 5) is 50.5. The molecule has 5 aromatic rings. The number of hydrogen-bond acceptors (Lipinski definition) is 11. The highest BCUT2D eigenvalue weighted by Crippen LogP contribution is 2.38. The lowest BCUT2D eigenvalue weighted by atomic mass is 10.1. The Kier molecular flexibility index (Phi) is 9.21. The van der Waals surface area contributed by atoms with Crippen molar-refractivity contribution in [2.75, 3.05) is 25.6 Å². The monoisotopic (exact) mass is 733 g/mol. The number of anilines is 1. The molecule has 0 saturated carbocycles. The quantitative estimate of drug-likeness (QED) is 0.119. The number of fused-ring (bicyclic) bond motifs is 1. The normalized spacial score (nSPS) is 19.0. The number of hydrogen-bond donors (Lipinski definition) is 0. The van der Waals surface area contributed by atoms with Crippen molar-refractivity contribution in [3.05, 3.63) is 118 Å². The van der Waals surface area contributed by atoms with Crippen LogP contribution >= 0.6 is 22.6 Å². The smallest absolute Gasteiger partial charge is 0.338 e. The number of benzene rings is 3. The van der Waals surface area contributed by atoms with E-state index in [0.29, 0.717) is 26.1 Å². The van der Waals surface area contributed by atoms with Crippen LogP contribution < -0.4 is 4.90 Å². The van der Waals surface area contributed by atoms with E-state index in [0.717, 1.165) is 0 Å². The van der Waals surface area contributed by atoms with Gasteiger partial charge in [0.1, 0.15) is 28.6 Å². The number of halogens is 1. The first-order valence-corrected chi connectivity index (χ1v) is 15.4. The van der Waals surface area contributed by atoms with Crippen molar-refractivity contribution in [3.63, 3.8) is 0 Å². The summed E-state index contributed by atoms with van der Waals surface area (Å²) >= 11 is 2.08. The second-order valence-electron chi connectivity index (χ2n) is 10.5. The van der Waals surface area contributed by atoms with E-state index in [4.69, 9.17) is 24.0 Å². The molecule has 1 saturated heterocycles. The zero-order valence-electron chi connectivity index (χ0n) is 24.7. The lowest BCUT2D eigenvalue weighted by Crippen LogP contribution is -2.41. The topological polar surface area (TPSA) is 135 Å². The molecule has 0 bridgehead atoms. The largest absolute Gasteiger partial charge is 0.459 e. The molecule has 0 unspecified atom stereocenters. The zero-order valence-corrected chi connectivity index (χ0v) is 26.9. The molecule has 12 nitrogen and oxygen atoms in total. The lowest BCUT2D eigenvalue weighted by Gasteiger charge is -2.24. The van der Waals surface area contributed by atoms with Crippen molar-refractivity contribution in [2.45, 2.75) is 24.5 Å². The van der Waals surface area contributed by atoms with E-state index in [1.54, 1.807) is 91.0 Å². The van der Waals surface area contributed by atoms with Gasteiger partial charge in [0, 0.05) is 14.1 Å². The second-order valence-corrected chi connectivity index (χ2v) is 11.5. The van der Waals surface area contributed by atoms with Gasteiger partial charge in [-0.05, 0) is 59.0 Å². The minimum atomic E-state index is -1.22. The van der Waals surface area contributed by atoms with Gasteiger partial charge in [-0.2, -0.15) is 5.10 Å². The van der Waals surface area contributed by atoms with Crippen molar-refractivity contribution >= 4 is 57.4 Å². The maximum atomic E-state index is 13.5. The average molecular weight is 734 g/mol. The van der Waals surface area contributed by atoms with E-state index >= 15 is 0 Å². The molecule has 13 heteroatoms.